The first-order valence-electron chi connectivity index (χ1n) is 11.5. The van der Waals surface area contributed by atoms with Gasteiger partial charge in [0.1, 0.15) is 0 Å². The molecule has 1 atom stereocenters. The number of carbonyl (C=O) groups excluding carboxylic acids is 1. The van der Waals surface area contributed by atoms with E-state index in [1.54, 1.807) is 30.2 Å². The third-order valence-electron chi connectivity index (χ3n) is 6.47. The number of aliphatic hydroxyl groups is 1. The summed E-state index contributed by atoms with van der Waals surface area (Å²) in [6.45, 7) is 7.79. The summed E-state index contributed by atoms with van der Waals surface area (Å²) in [4.78, 5) is 36.7. The normalized spacial score (nSPS) is 16.3. The molecule has 0 spiro atoms. The van der Waals surface area contributed by atoms with Crippen LogP contribution in [0.15, 0.2) is 47.8 Å². The summed E-state index contributed by atoms with van der Waals surface area (Å²) in [5, 5.41) is 12.5. The molecule has 4 rings (SSSR count). The number of rotatable bonds is 6. The van der Waals surface area contributed by atoms with Crippen molar-refractivity contribution in [3.05, 3.63) is 53.3 Å². The fourth-order valence-electron chi connectivity index (χ4n) is 4.27. The van der Waals surface area contributed by atoms with Crippen LogP contribution in [0.4, 0.5) is 5.69 Å². The van der Waals surface area contributed by atoms with Crippen molar-refractivity contribution < 1.29 is 9.90 Å². The number of nitrogens with one attached hydrogen (secondary N) is 1. The number of benzene rings is 1. The lowest BCUT2D eigenvalue weighted by Crippen LogP contribution is -2.40. The van der Waals surface area contributed by atoms with Gasteiger partial charge in [0, 0.05) is 36.9 Å². The van der Waals surface area contributed by atoms with E-state index in [1.165, 1.54) is 0 Å². The van der Waals surface area contributed by atoms with Crippen LogP contribution in [0.3, 0.4) is 0 Å². The van der Waals surface area contributed by atoms with Gasteiger partial charge in [0.15, 0.2) is 0 Å². The van der Waals surface area contributed by atoms with Crippen LogP contribution in [0.25, 0.3) is 22.0 Å². The summed E-state index contributed by atoms with van der Waals surface area (Å²) < 4.78 is 1.79. The second-order valence-corrected chi connectivity index (χ2v) is 9.08. The maximum atomic E-state index is 13.4. The Morgan fingerprint density at radius 3 is 2.61 bits per heavy atom. The van der Waals surface area contributed by atoms with Crippen molar-refractivity contribution in [2.24, 2.45) is 5.92 Å². The number of hydrogen-bond acceptors (Lipinski definition) is 6. The summed E-state index contributed by atoms with van der Waals surface area (Å²) >= 11 is 0. The molecule has 8 heteroatoms. The molecule has 1 aliphatic rings. The molecule has 0 radical (unpaired) electrons. The Bertz CT molecular complexity index is 1200. The molecule has 3 aromatic rings. The molecule has 1 unspecified atom stereocenters. The summed E-state index contributed by atoms with van der Waals surface area (Å²) in [5.41, 5.74) is 2.78. The fraction of sp³-hybridized carbons (Fsp3) is 0.440. The number of piperidine rings is 1. The van der Waals surface area contributed by atoms with Crippen LogP contribution in [0.5, 0.6) is 0 Å². The topological polar surface area (TPSA) is 100 Å². The van der Waals surface area contributed by atoms with Crippen LogP contribution in [0, 0.1) is 5.92 Å². The number of aliphatic hydroxyl groups excluding tert-OH is 1. The molecular formula is C25H31N5O3. The van der Waals surface area contributed by atoms with Gasteiger partial charge in [-0.1, -0.05) is 13.0 Å². The Balaban J connectivity index is 1.62. The standard InChI is InChI=1S/C25H31N5O3/c1-16(2)29-8-6-21(7-9-29)30-15-27-23-5-4-18(11-22(23)25(30)33)19-10-20(13-26-12-19)28-24(32)17(3)14-31/h4-5,10-13,15-17,21,31H,6-9,14H2,1-3H3,(H,28,32). The number of likely N-dealkylation sites (tertiary alicyclic amines) is 1. The number of aromatic nitrogens is 3. The smallest absolute Gasteiger partial charge is 0.261 e. The number of hydrogen-bond donors (Lipinski definition) is 2. The van der Waals surface area contributed by atoms with Crippen molar-refractivity contribution in [2.45, 2.75) is 45.7 Å². The molecule has 0 saturated carbocycles. The van der Waals surface area contributed by atoms with Crippen molar-refractivity contribution in [1.29, 1.82) is 0 Å². The van der Waals surface area contributed by atoms with Gasteiger partial charge in [-0.05, 0) is 50.5 Å². The second kappa shape index (κ2) is 9.80. The Labute approximate surface area is 193 Å². The van der Waals surface area contributed by atoms with Crippen LogP contribution in [0.2, 0.25) is 0 Å². The lowest BCUT2D eigenvalue weighted by Gasteiger charge is -2.35. The van der Waals surface area contributed by atoms with E-state index in [0.29, 0.717) is 22.6 Å². The van der Waals surface area contributed by atoms with Crippen LogP contribution < -0.4 is 10.9 Å². The average molecular weight is 450 g/mol. The molecule has 1 aliphatic heterocycles. The van der Waals surface area contributed by atoms with Gasteiger partial charge in [0.2, 0.25) is 5.91 Å². The molecule has 0 aliphatic carbocycles. The van der Waals surface area contributed by atoms with Crippen molar-refractivity contribution in [2.75, 3.05) is 25.0 Å². The quantitative estimate of drug-likeness (QED) is 0.600. The maximum absolute atomic E-state index is 13.4. The number of carbonyl (C=O) groups is 1. The predicted octanol–water partition coefficient (Wildman–Crippen LogP) is 3.07. The minimum absolute atomic E-state index is 0.0287. The summed E-state index contributed by atoms with van der Waals surface area (Å²) in [7, 11) is 0. The highest BCUT2D eigenvalue weighted by atomic mass is 16.3. The van der Waals surface area contributed by atoms with Gasteiger partial charge in [0.05, 0.1) is 41.6 Å². The molecule has 1 amide bonds. The van der Waals surface area contributed by atoms with Crippen LogP contribution in [-0.2, 0) is 4.79 Å². The molecule has 8 nitrogen and oxygen atoms in total. The molecule has 2 N–H and O–H groups in total. The number of anilines is 1. The van der Waals surface area contributed by atoms with Crippen molar-refractivity contribution >= 4 is 22.5 Å². The maximum Gasteiger partial charge on any atom is 0.261 e. The lowest BCUT2D eigenvalue weighted by molar-refractivity contribution is -0.120. The molecule has 1 saturated heterocycles. The van der Waals surface area contributed by atoms with Gasteiger partial charge in [-0.15, -0.1) is 0 Å². The molecule has 2 aromatic heterocycles. The van der Waals surface area contributed by atoms with Gasteiger partial charge < -0.3 is 15.3 Å². The van der Waals surface area contributed by atoms with Gasteiger partial charge >= 0.3 is 0 Å². The third kappa shape index (κ3) is 4.96. The predicted molar refractivity (Wildman–Crippen MR) is 129 cm³/mol. The number of amides is 1. The SMILES string of the molecule is CC(CO)C(=O)Nc1cncc(-c2ccc3ncn(C4CCN(C(C)C)CC4)c(=O)c3c2)c1. The summed E-state index contributed by atoms with van der Waals surface area (Å²) in [5.74, 6) is -0.781. The Kier molecular flexibility index (Phi) is 6.85. The van der Waals surface area contributed by atoms with Crippen molar-refractivity contribution in [1.82, 2.24) is 19.4 Å². The van der Waals surface area contributed by atoms with E-state index in [-0.39, 0.29) is 24.1 Å². The lowest BCUT2D eigenvalue weighted by atomic mass is 10.0. The van der Waals surface area contributed by atoms with Crippen LogP contribution in [-0.4, -0.2) is 56.2 Å². The first kappa shape index (κ1) is 23.1. The van der Waals surface area contributed by atoms with E-state index < -0.39 is 5.92 Å². The van der Waals surface area contributed by atoms with Crippen LogP contribution >= 0.6 is 0 Å². The highest BCUT2D eigenvalue weighted by Gasteiger charge is 2.23. The average Bonchev–Trinajstić information content (AvgIpc) is 2.84. The molecule has 33 heavy (non-hydrogen) atoms. The van der Waals surface area contributed by atoms with E-state index in [1.807, 2.05) is 24.3 Å². The molecule has 3 heterocycles. The largest absolute Gasteiger partial charge is 0.396 e. The van der Waals surface area contributed by atoms with Crippen molar-refractivity contribution in [3.63, 3.8) is 0 Å². The van der Waals surface area contributed by atoms with Crippen LogP contribution in [0.1, 0.15) is 39.7 Å². The molecule has 174 valence electrons. The molecular weight excluding hydrogens is 418 g/mol. The van der Waals surface area contributed by atoms with Gasteiger partial charge in [0.25, 0.3) is 5.56 Å². The van der Waals surface area contributed by atoms with Gasteiger partial charge in [-0.3, -0.25) is 19.1 Å². The fourth-order valence-corrected chi connectivity index (χ4v) is 4.27. The van der Waals surface area contributed by atoms with E-state index in [4.69, 9.17) is 0 Å². The van der Waals surface area contributed by atoms with E-state index in [0.717, 1.165) is 37.1 Å². The number of fused-ring (bicyclic) bond motifs is 1. The zero-order valence-electron chi connectivity index (χ0n) is 19.4. The van der Waals surface area contributed by atoms with E-state index >= 15 is 0 Å². The van der Waals surface area contributed by atoms with E-state index in [9.17, 15) is 14.7 Å². The first-order chi connectivity index (χ1) is 15.9. The Morgan fingerprint density at radius 2 is 1.91 bits per heavy atom. The highest BCUT2D eigenvalue weighted by Crippen LogP contribution is 2.26. The molecule has 0 bridgehead atoms. The minimum Gasteiger partial charge on any atom is -0.396 e. The second-order valence-electron chi connectivity index (χ2n) is 9.08. The first-order valence-corrected chi connectivity index (χ1v) is 11.5. The summed E-state index contributed by atoms with van der Waals surface area (Å²) in [6, 6.07) is 8.08. The van der Waals surface area contributed by atoms with Gasteiger partial charge in [-0.2, -0.15) is 0 Å². The zero-order valence-corrected chi connectivity index (χ0v) is 19.4. The Hall–Kier alpha value is -3.10. The Morgan fingerprint density at radius 1 is 1.15 bits per heavy atom. The van der Waals surface area contributed by atoms with E-state index in [2.05, 4.69) is 34.0 Å². The minimum atomic E-state index is -0.508. The zero-order chi connectivity index (χ0) is 23.5. The number of nitrogens with zero attached hydrogens (tertiary/aromatic N) is 4. The van der Waals surface area contributed by atoms with Gasteiger partial charge in [-0.25, -0.2) is 4.98 Å². The highest BCUT2D eigenvalue weighted by molar-refractivity contribution is 5.93. The summed E-state index contributed by atoms with van der Waals surface area (Å²) in [6.07, 6.45) is 6.80. The monoisotopic (exact) mass is 449 g/mol. The molecule has 1 fully saturated rings. The third-order valence-corrected chi connectivity index (χ3v) is 6.47. The number of pyridine rings is 1. The van der Waals surface area contributed by atoms with Crippen molar-refractivity contribution in [3.8, 4) is 11.1 Å². The molecule has 1 aromatic carbocycles.